The Bertz CT molecular complexity index is 1340. The molecule has 1 unspecified atom stereocenters. The summed E-state index contributed by atoms with van der Waals surface area (Å²) in [7, 11) is 0.501. The van der Waals surface area contributed by atoms with Crippen molar-refractivity contribution in [3.8, 4) is 5.88 Å². The fraction of sp³-hybridized carbons (Fsp3) is 0.414. The third-order valence-electron chi connectivity index (χ3n) is 7.59. The smallest absolute Gasteiger partial charge is 0.246 e. The number of aromatic nitrogens is 4. The molecule has 2 aromatic carbocycles. The Morgan fingerprint density at radius 2 is 1.64 bits per heavy atom. The quantitative estimate of drug-likeness (QED) is 0.252. The van der Waals surface area contributed by atoms with Crippen LogP contribution in [0.5, 0.6) is 5.88 Å². The average molecular weight is 547 g/mol. The molecule has 1 atom stereocenters. The molecule has 6 rings (SSSR count). The molecule has 1 aliphatic carbocycles. The van der Waals surface area contributed by atoms with Crippen molar-refractivity contribution in [2.75, 3.05) is 32.5 Å². The highest BCUT2D eigenvalue weighted by molar-refractivity contribution is 7.49. The third-order valence-corrected chi connectivity index (χ3v) is 9.68. The first-order valence-corrected chi connectivity index (χ1v) is 14.7. The number of fused-ring (bicyclic) bond motifs is 1. The first kappa shape index (κ1) is 26.1. The van der Waals surface area contributed by atoms with Gasteiger partial charge in [0.15, 0.2) is 19.5 Å². The molecule has 2 fully saturated rings. The number of nitrogens with zero attached hydrogens (tertiary/aromatic N) is 5. The first-order chi connectivity index (χ1) is 19.1. The van der Waals surface area contributed by atoms with Crippen LogP contribution in [-0.2, 0) is 22.3 Å². The van der Waals surface area contributed by atoms with Gasteiger partial charge in [0.2, 0.25) is 11.8 Å². The Morgan fingerprint density at radius 3 is 2.26 bits per heavy atom. The Balaban J connectivity index is 1.17. The van der Waals surface area contributed by atoms with Gasteiger partial charge >= 0.3 is 0 Å². The van der Waals surface area contributed by atoms with Crippen LogP contribution in [0.2, 0.25) is 0 Å². The van der Waals surface area contributed by atoms with E-state index < -0.39 is 8.38 Å². The van der Waals surface area contributed by atoms with Crippen molar-refractivity contribution in [2.24, 2.45) is 0 Å². The minimum Gasteiger partial charge on any atom is -0.479 e. The van der Waals surface area contributed by atoms with Gasteiger partial charge in [-0.1, -0.05) is 60.7 Å². The summed E-state index contributed by atoms with van der Waals surface area (Å²) in [6.07, 6.45) is 6.26. The molecule has 0 spiro atoms. The van der Waals surface area contributed by atoms with Crippen molar-refractivity contribution in [3.05, 3.63) is 78.1 Å². The van der Waals surface area contributed by atoms with Gasteiger partial charge < -0.3 is 29.0 Å². The maximum absolute atomic E-state index is 6.57. The predicted molar refractivity (Wildman–Crippen MR) is 152 cm³/mol. The second kappa shape index (κ2) is 11.6. The minimum absolute atomic E-state index is 0.0492. The lowest BCUT2D eigenvalue weighted by atomic mass is 10.1. The summed E-state index contributed by atoms with van der Waals surface area (Å²) in [6.45, 7) is 4.07. The fourth-order valence-corrected chi connectivity index (χ4v) is 7.35. The van der Waals surface area contributed by atoms with Gasteiger partial charge in [-0.25, -0.2) is 4.98 Å². The fourth-order valence-electron chi connectivity index (χ4n) is 5.40. The van der Waals surface area contributed by atoms with E-state index in [1.165, 1.54) is 11.1 Å². The molecule has 0 radical (unpaired) electrons. The van der Waals surface area contributed by atoms with Gasteiger partial charge in [0.05, 0.1) is 31.8 Å². The van der Waals surface area contributed by atoms with Crippen molar-refractivity contribution in [1.82, 2.24) is 24.4 Å². The maximum atomic E-state index is 6.57. The molecule has 204 valence electrons. The van der Waals surface area contributed by atoms with Crippen LogP contribution >= 0.6 is 8.38 Å². The first-order valence-electron chi connectivity index (χ1n) is 13.5. The van der Waals surface area contributed by atoms with E-state index in [1.807, 2.05) is 18.5 Å². The zero-order chi connectivity index (χ0) is 26.7. The number of anilines is 1. The van der Waals surface area contributed by atoms with Crippen LogP contribution in [0, 0.1) is 0 Å². The van der Waals surface area contributed by atoms with Crippen LogP contribution in [0.4, 0.5) is 5.95 Å². The van der Waals surface area contributed by atoms with Crippen molar-refractivity contribution in [3.63, 3.8) is 0 Å². The van der Waals surface area contributed by atoms with Crippen molar-refractivity contribution >= 4 is 25.5 Å². The molecule has 1 aliphatic heterocycles. The Hall–Kier alpha value is -3.10. The molecule has 3 heterocycles. The lowest BCUT2D eigenvalue weighted by Crippen LogP contribution is -2.41. The van der Waals surface area contributed by atoms with Crippen LogP contribution in [0.25, 0.3) is 11.2 Å². The van der Waals surface area contributed by atoms with E-state index >= 15 is 0 Å². The minimum atomic E-state index is -1.08. The number of rotatable bonds is 11. The Morgan fingerprint density at radius 1 is 0.974 bits per heavy atom. The summed E-state index contributed by atoms with van der Waals surface area (Å²) >= 11 is 0. The number of likely N-dealkylation sites (tertiary alicyclic amines) is 1. The molecular formula is C29H35N6O3P. The molecule has 2 N–H and O–H groups in total. The standard InChI is InChI=1S/C29H35N6O3P/c1-36-27-25-26(32-28(30)33-27)35(21-31-25)24-13-8-16-34(17-24)20-29(14-15-29)39(37-18-22-9-4-2-5-10-22)38-19-23-11-6-3-7-12-23/h2-7,9-12,21,24H,8,13-20H2,1H3,(H2,30,32,33). The second-order valence-electron chi connectivity index (χ2n) is 10.4. The van der Waals surface area contributed by atoms with Crippen LogP contribution in [0.3, 0.4) is 0 Å². The zero-order valence-corrected chi connectivity index (χ0v) is 23.2. The summed E-state index contributed by atoms with van der Waals surface area (Å²) in [5.41, 5.74) is 9.69. The molecule has 1 saturated heterocycles. The highest BCUT2D eigenvalue weighted by Crippen LogP contribution is 2.66. The summed E-state index contributed by atoms with van der Waals surface area (Å²) < 4.78 is 20.7. The molecule has 0 bridgehead atoms. The Kier molecular flexibility index (Phi) is 7.75. The van der Waals surface area contributed by atoms with Gasteiger partial charge in [-0.2, -0.15) is 9.97 Å². The largest absolute Gasteiger partial charge is 0.479 e. The molecule has 2 aromatic heterocycles. The number of methoxy groups -OCH3 is 1. The van der Waals surface area contributed by atoms with Crippen LogP contribution in [-0.4, -0.2) is 56.3 Å². The second-order valence-corrected chi connectivity index (χ2v) is 12.4. The molecule has 9 nitrogen and oxygen atoms in total. The number of nitrogen functional groups attached to an aromatic ring is 1. The van der Waals surface area contributed by atoms with Gasteiger partial charge in [0.25, 0.3) is 0 Å². The summed E-state index contributed by atoms with van der Waals surface area (Å²) in [5.74, 6) is 0.611. The van der Waals surface area contributed by atoms with E-state index in [1.54, 1.807) is 7.11 Å². The van der Waals surface area contributed by atoms with Crippen molar-refractivity contribution < 1.29 is 13.8 Å². The lowest BCUT2D eigenvalue weighted by Gasteiger charge is -2.37. The molecule has 0 amide bonds. The molecule has 2 aliphatic rings. The summed E-state index contributed by atoms with van der Waals surface area (Å²) in [6, 6.07) is 21.0. The SMILES string of the molecule is COc1nc(N)nc2c1ncn2C1CCCN(CC2(P(OCc3ccccc3)OCc3ccccc3)CC2)C1. The zero-order valence-electron chi connectivity index (χ0n) is 22.3. The van der Waals surface area contributed by atoms with E-state index in [0.717, 1.165) is 51.0 Å². The topological polar surface area (TPSA) is 101 Å². The number of hydrogen-bond donors (Lipinski definition) is 1. The highest BCUT2D eigenvalue weighted by atomic mass is 31.2. The van der Waals surface area contributed by atoms with Crippen LogP contribution < -0.4 is 10.5 Å². The van der Waals surface area contributed by atoms with E-state index in [2.05, 4.69) is 72.9 Å². The predicted octanol–water partition coefficient (Wildman–Crippen LogP) is 5.33. The monoisotopic (exact) mass is 546 g/mol. The van der Waals surface area contributed by atoms with Gasteiger partial charge in [-0.3, -0.25) is 0 Å². The molecular weight excluding hydrogens is 511 g/mol. The average Bonchev–Trinajstić information content (AvgIpc) is 3.62. The number of benzene rings is 2. The molecule has 1 saturated carbocycles. The lowest BCUT2D eigenvalue weighted by molar-refractivity contribution is 0.164. The molecule has 39 heavy (non-hydrogen) atoms. The summed E-state index contributed by atoms with van der Waals surface area (Å²) in [5, 5.41) is 0.0492. The maximum Gasteiger partial charge on any atom is 0.246 e. The van der Waals surface area contributed by atoms with E-state index in [9.17, 15) is 0 Å². The van der Waals surface area contributed by atoms with Gasteiger partial charge in [-0.05, 0) is 43.4 Å². The normalized spacial score (nSPS) is 19.0. The van der Waals surface area contributed by atoms with Crippen molar-refractivity contribution in [1.29, 1.82) is 0 Å². The van der Waals surface area contributed by atoms with Gasteiger partial charge in [0, 0.05) is 19.1 Å². The highest BCUT2D eigenvalue weighted by Gasteiger charge is 2.53. The molecule has 10 heteroatoms. The van der Waals surface area contributed by atoms with E-state index in [4.69, 9.17) is 19.5 Å². The van der Waals surface area contributed by atoms with Crippen LogP contribution in [0.1, 0.15) is 42.9 Å². The number of ether oxygens (including phenoxy) is 1. The van der Waals surface area contributed by atoms with Gasteiger partial charge in [0.1, 0.15) is 0 Å². The number of piperidine rings is 1. The third kappa shape index (κ3) is 5.92. The van der Waals surface area contributed by atoms with Crippen LogP contribution in [0.15, 0.2) is 67.0 Å². The number of nitrogens with two attached hydrogens (primary N) is 1. The Labute approximate surface area is 230 Å². The molecule has 4 aromatic rings. The van der Waals surface area contributed by atoms with Crippen molar-refractivity contribution in [2.45, 2.75) is 50.1 Å². The summed E-state index contributed by atoms with van der Waals surface area (Å²) in [4.78, 5) is 15.8. The number of imidazole rings is 1. The van der Waals surface area contributed by atoms with Gasteiger partial charge in [-0.15, -0.1) is 0 Å². The van der Waals surface area contributed by atoms with E-state index in [0.29, 0.717) is 24.6 Å². The number of hydrogen-bond acceptors (Lipinski definition) is 8. The van der Waals surface area contributed by atoms with E-state index in [-0.39, 0.29) is 17.1 Å².